The van der Waals surface area contributed by atoms with E-state index in [0.717, 1.165) is 19.7 Å². The van der Waals surface area contributed by atoms with Crippen molar-refractivity contribution in [2.75, 3.05) is 13.1 Å². The van der Waals surface area contributed by atoms with Gasteiger partial charge in [-0.3, -0.25) is 0 Å². The molecule has 2 aliphatic rings. The van der Waals surface area contributed by atoms with Gasteiger partial charge in [-0.15, -0.1) is 0 Å². The number of benzene rings is 1. The summed E-state index contributed by atoms with van der Waals surface area (Å²) in [6.45, 7) is 2.95. The molecule has 2 nitrogen and oxygen atoms in total. The highest BCUT2D eigenvalue weighted by molar-refractivity contribution is 5.35. The Kier molecular flexibility index (Phi) is 3.44. The van der Waals surface area contributed by atoms with Crippen molar-refractivity contribution >= 4 is 0 Å². The average molecular weight is 231 g/mol. The molecular weight excluding hydrogens is 210 g/mol. The predicted octanol–water partition coefficient (Wildman–Crippen LogP) is 2.44. The number of piperidine rings is 1. The maximum absolute atomic E-state index is 5.97. The number of ether oxygens (including phenoxy) is 1. The van der Waals surface area contributed by atoms with E-state index in [1.165, 1.54) is 37.7 Å². The predicted molar refractivity (Wildman–Crippen MR) is 69.1 cm³/mol. The second-order valence-electron chi connectivity index (χ2n) is 5.24. The minimum Gasteiger partial charge on any atom is -0.372 e. The van der Waals surface area contributed by atoms with Crippen molar-refractivity contribution in [3.05, 3.63) is 34.9 Å². The SMILES string of the molecule is c1cc2c(cc1CO[C@H]1CCCNC1)CCC2. The van der Waals surface area contributed by atoms with Crippen LogP contribution in [-0.4, -0.2) is 19.2 Å². The van der Waals surface area contributed by atoms with Crippen LogP contribution in [0.5, 0.6) is 0 Å². The lowest BCUT2D eigenvalue weighted by Crippen LogP contribution is -2.35. The van der Waals surface area contributed by atoms with Crippen LogP contribution in [0.4, 0.5) is 0 Å². The molecule has 1 N–H and O–H groups in total. The summed E-state index contributed by atoms with van der Waals surface area (Å²) in [6, 6.07) is 6.87. The molecule has 0 unspecified atom stereocenters. The van der Waals surface area contributed by atoms with Gasteiger partial charge in [-0.25, -0.2) is 0 Å². The van der Waals surface area contributed by atoms with Gasteiger partial charge >= 0.3 is 0 Å². The van der Waals surface area contributed by atoms with Crippen molar-refractivity contribution in [2.24, 2.45) is 0 Å². The summed E-state index contributed by atoms with van der Waals surface area (Å²) in [6.07, 6.45) is 6.72. The van der Waals surface area contributed by atoms with E-state index in [-0.39, 0.29) is 0 Å². The second-order valence-corrected chi connectivity index (χ2v) is 5.24. The fourth-order valence-corrected chi connectivity index (χ4v) is 2.89. The van der Waals surface area contributed by atoms with Crippen LogP contribution < -0.4 is 5.32 Å². The van der Waals surface area contributed by atoms with Crippen LogP contribution in [0.1, 0.15) is 36.0 Å². The molecule has 1 saturated heterocycles. The first-order chi connectivity index (χ1) is 8.42. The molecule has 17 heavy (non-hydrogen) atoms. The summed E-state index contributed by atoms with van der Waals surface area (Å²) in [5, 5.41) is 3.39. The van der Waals surface area contributed by atoms with Gasteiger partial charge < -0.3 is 10.1 Å². The van der Waals surface area contributed by atoms with E-state index in [1.54, 1.807) is 11.1 Å². The molecule has 1 fully saturated rings. The van der Waals surface area contributed by atoms with Gasteiger partial charge in [-0.2, -0.15) is 0 Å². The van der Waals surface area contributed by atoms with Crippen molar-refractivity contribution in [1.82, 2.24) is 5.32 Å². The van der Waals surface area contributed by atoms with Crippen LogP contribution in [0.2, 0.25) is 0 Å². The Morgan fingerprint density at radius 1 is 1.18 bits per heavy atom. The maximum atomic E-state index is 5.97. The molecule has 3 rings (SSSR count). The van der Waals surface area contributed by atoms with Crippen LogP contribution in [0.25, 0.3) is 0 Å². The Hall–Kier alpha value is -0.860. The molecule has 1 aliphatic heterocycles. The van der Waals surface area contributed by atoms with Crippen molar-refractivity contribution in [2.45, 2.75) is 44.8 Å². The van der Waals surface area contributed by atoms with Crippen LogP contribution in [0.3, 0.4) is 0 Å². The van der Waals surface area contributed by atoms with Crippen LogP contribution >= 0.6 is 0 Å². The first-order valence-electron chi connectivity index (χ1n) is 6.85. The molecule has 0 amide bonds. The summed E-state index contributed by atoms with van der Waals surface area (Å²) in [5.41, 5.74) is 4.44. The molecule has 0 bridgehead atoms. The van der Waals surface area contributed by atoms with Crippen molar-refractivity contribution in [3.63, 3.8) is 0 Å². The topological polar surface area (TPSA) is 21.3 Å². The molecule has 2 heteroatoms. The molecule has 1 aromatic rings. The Bertz CT molecular complexity index is 383. The van der Waals surface area contributed by atoms with Crippen molar-refractivity contribution in [1.29, 1.82) is 0 Å². The number of fused-ring (bicyclic) bond motifs is 1. The lowest BCUT2D eigenvalue weighted by Gasteiger charge is -2.23. The van der Waals surface area contributed by atoms with Crippen molar-refractivity contribution in [3.8, 4) is 0 Å². The van der Waals surface area contributed by atoms with Gasteiger partial charge in [0, 0.05) is 6.54 Å². The van der Waals surface area contributed by atoms with Gasteiger partial charge in [0.15, 0.2) is 0 Å². The van der Waals surface area contributed by atoms with E-state index < -0.39 is 0 Å². The largest absolute Gasteiger partial charge is 0.372 e. The molecular formula is C15H21NO. The number of hydrogen-bond acceptors (Lipinski definition) is 2. The number of rotatable bonds is 3. The van der Waals surface area contributed by atoms with E-state index in [0.29, 0.717) is 6.10 Å². The molecule has 0 spiro atoms. The second kappa shape index (κ2) is 5.19. The fraction of sp³-hybridized carbons (Fsp3) is 0.600. The van der Waals surface area contributed by atoms with Gasteiger partial charge in [0.05, 0.1) is 12.7 Å². The summed E-state index contributed by atoms with van der Waals surface area (Å²) in [7, 11) is 0. The van der Waals surface area contributed by atoms with E-state index >= 15 is 0 Å². The lowest BCUT2D eigenvalue weighted by atomic mass is 10.1. The monoisotopic (exact) mass is 231 g/mol. The highest BCUT2D eigenvalue weighted by atomic mass is 16.5. The molecule has 1 heterocycles. The normalized spacial score (nSPS) is 23.6. The summed E-state index contributed by atoms with van der Waals surface area (Å²) in [5.74, 6) is 0. The van der Waals surface area contributed by atoms with Gasteiger partial charge in [-0.05, 0) is 55.3 Å². The third kappa shape index (κ3) is 2.70. The maximum Gasteiger partial charge on any atom is 0.0721 e. The van der Waals surface area contributed by atoms with E-state index in [9.17, 15) is 0 Å². The van der Waals surface area contributed by atoms with E-state index in [4.69, 9.17) is 4.74 Å². The Balaban J connectivity index is 1.57. The zero-order valence-corrected chi connectivity index (χ0v) is 10.4. The Labute approximate surface area is 103 Å². The van der Waals surface area contributed by atoms with Gasteiger partial charge in [-0.1, -0.05) is 18.2 Å². The summed E-state index contributed by atoms with van der Waals surface area (Å²) in [4.78, 5) is 0. The Morgan fingerprint density at radius 3 is 3.00 bits per heavy atom. The summed E-state index contributed by atoms with van der Waals surface area (Å²) >= 11 is 0. The molecule has 0 aromatic heterocycles. The van der Waals surface area contributed by atoms with Crippen LogP contribution in [0, 0.1) is 0 Å². The highest BCUT2D eigenvalue weighted by Crippen LogP contribution is 2.23. The van der Waals surface area contributed by atoms with Crippen molar-refractivity contribution < 1.29 is 4.74 Å². The third-order valence-corrected chi connectivity index (χ3v) is 3.90. The van der Waals surface area contributed by atoms with E-state index in [1.807, 2.05) is 0 Å². The Morgan fingerprint density at radius 2 is 2.12 bits per heavy atom. The first kappa shape index (κ1) is 11.2. The van der Waals surface area contributed by atoms with Gasteiger partial charge in [0.2, 0.25) is 0 Å². The highest BCUT2D eigenvalue weighted by Gasteiger charge is 2.14. The van der Waals surface area contributed by atoms with Crippen LogP contribution in [0.15, 0.2) is 18.2 Å². The molecule has 0 saturated carbocycles. The number of aryl methyl sites for hydroxylation is 2. The molecule has 1 aliphatic carbocycles. The van der Waals surface area contributed by atoms with Crippen LogP contribution in [-0.2, 0) is 24.2 Å². The smallest absolute Gasteiger partial charge is 0.0721 e. The average Bonchev–Trinajstić information content (AvgIpc) is 2.85. The lowest BCUT2D eigenvalue weighted by molar-refractivity contribution is 0.0253. The minimum absolute atomic E-state index is 0.414. The zero-order valence-electron chi connectivity index (χ0n) is 10.4. The molecule has 0 radical (unpaired) electrons. The third-order valence-electron chi connectivity index (χ3n) is 3.90. The molecule has 1 aromatic carbocycles. The number of hydrogen-bond donors (Lipinski definition) is 1. The van der Waals surface area contributed by atoms with E-state index in [2.05, 4.69) is 23.5 Å². The minimum atomic E-state index is 0.414. The van der Waals surface area contributed by atoms with Gasteiger partial charge in [0.25, 0.3) is 0 Å². The number of nitrogens with one attached hydrogen (secondary N) is 1. The summed E-state index contributed by atoms with van der Waals surface area (Å²) < 4.78 is 5.97. The molecule has 92 valence electrons. The standard InChI is InChI=1S/C15H21NO/c1-3-13-7-6-12(9-14(13)4-1)11-17-15-5-2-8-16-10-15/h6-7,9,15-16H,1-5,8,10-11H2/t15-/m0/s1. The fourth-order valence-electron chi connectivity index (χ4n) is 2.89. The van der Waals surface area contributed by atoms with Gasteiger partial charge in [0.1, 0.15) is 0 Å². The molecule has 1 atom stereocenters. The quantitative estimate of drug-likeness (QED) is 0.862. The first-order valence-corrected chi connectivity index (χ1v) is 6.85. The zero-order chi connectivity index (χ0) is 11.5.